The molecule has 5 heteroatoms. The summed E-state index contributed by atoms with van der Waals surface area (Å²) in [4.78, 5) is 10.9. The molecule has 2 aromatic carbocycles. The topological polar surface area (TPSA) is 55.8 Å². The van der Waals surface area contributed by atoms with E-state index >= 15 is 0 Å². The van der Waals surface area contributed by atoms with Crippen LogP contribution in [-0.4, -0.2) is 17.9 Å². The normalized spacial score (nSPS) is 13.5. The molecule has 0 spiro atoms. The molecule has 4 nitrogen and oxygen atoms in total. The van der Waals surface area contributed by atoms with Crippen molar-refractivity contribution in [1.82, 2.24) is 0 Å². The molecule has 3 rings (SSSR count). The first-order chi connectivity index (χ1) is 11.6. The predicted molar refractivity (Wildman–Crippen MR) is 93.3 cm³/mol. The Kier molecular flexibility index (Phi) is 4.87. The molecule has 122 valence electrons. The minimum absolute atomic E-state index is 0.0608. The van der Waals surface area contributed by atoms with Gasteiger partial charge in [0, 0.05) is 5.02 Å². The number of carboxylic acid groups (broad SMARTS) is 1. The average molecular weight is 343 g/mol. The Bertz CT molecular complexity index is 807. The molecule has 0 aliphatic carbocycles. The van der Waals surface area contributed by atoms with Gasteiger partial charge in [-0.15, -0.1) is 0 Å². The molecule has 1 aliphatic heterocycles. The number of hydrogen-bond donors (Lipinski definition) is 1. The number of aliphatic carboxylic acids is 1. The van der Waals surface area contributed by atoms with Crippen molar-refractivity contribution >= 4 is 29.2 Å². The maximum Gasteiger partial charge on any atom is 0.307 e. The molecule has 1 heterocycles. The molecule has 0 atom stereocenters. The third-order valence-electron chi connectivity index (χ3n) is 3.53. The molecular weight excluding hydrogens is 328 g/mol. The predicted octanol–water partition coefficient (Wildman–Crippen LogP) is 4.64. The third kappa shape index (κ3) is 3.97. The van der Waals surface area contributed by atoms with E-state index in [9.17, 15) is 4.79 Å². The largest absolute Gasteiger partial charge is 0.481 e. The van der Waals surface area contributed by atoms with Crippen molar-refractivity contribution < 1.29 is 19.4 Å². The van der Waals surface area contributed by atoms with Gasteiger partial charge in [0.05, 0.1) is 6.42 Å². The minimum atomic E-state index is -0.881. The molecule has 0 saturated carbocycles. The minimum Gasteiger partial charge on any atom is -0.481 e. The van der Waals surface area contributed by atoms with E-state index in [1.165, 1.54) is 0 Å². The number of hydrogen-bond acceptors (Lipinski definition) is 3. The molecule has 0 radical (unpaired) electrons. The Morgan fingerprint density at radius 3 is 2.62 bits per heavy atom. The number of benzene rings is 2. The first-order valence-corrected chi connectivity index (χ1v) is 7.75. The molecule has 0 saturated heterocycles. The average Bonchev–Trinajstić information content (AvgIpc) is 3.04. The van der Waals surface area contributed by atoms with Crippen molar-refractivity contribution in [3.63, 3.8) is 0 Å². The van der Waals surface area contributed by atoms with Crippen molar-refractivity contribution in [2.24, 2.45) is 0 Å². The second kappa shape index (κ2) is 7.23. The van der Waals surface area contributed by atoms with Gasteiger partial charge < -0.3 is 14.6 Å². The maximum atomic E-state index is 10.9. The summed E-state index contributed by atoms with van der Waals surface area (Å²) in [7, 11) is 0. The number of allylic oxidation sites excluding steroid dienone is 2. The highest BCUT2D eigenvalue weighted by Gasteiger charge is 2.14. The summed E-state index contributed by atoms with van der Waals surface area (Å²) in [6.45, 7) is 0.202. The van der Waals surface area contributed by atoms with Crippen LogP contribution in [0.3, 0.4) is 0 Å². The lowest BCUT2D eigenvalue weighted by Gasteiger charge is -2.05. The Morgan fingerprint density at radius 2 is 1.88 bits per heavy atom. The van der Waals surface area contributed by atoms with Gasteiger partial charge in [-0.1, -0.05) is 48.0 Å². The third-order valence-corrected chi connectivity index (χ3v) is 3.78. The van der Waals surface area contributed by atoms with E-state index in [1.807, 2.05) is 54.6 Å². The molecule has 0 bridgehead atoms. The number of fused-ring (bicyclic) bond motifs is 1. The molecule has 2 aromatic rings. The van der Waals surface area contributed by atoms with Crippen LogP contribution in [0.25, 0.3) is 11.6 Å². The van der Waals surface area contributed by atoms with Gasteiger partial charge in [0.15, 0.2) is 11.5 Å². The number of carboxylic acids is 1. The zero-order valence-electron chi connectivity index (χ0n) is 12.7. The fourth-order valence-corrected chi connectivity index (χ4v) is 2.44. The summed E-state index contributed by atoms with van der Waals surface area (Å²) in [6, 6.07) is 13.0. The lowest BCUT2D eigenvalue weighted by molar-refractivity contribution is -0.135. The number of ether oxygens (including phenoxy) is 2. The molecule has 0 amide bonds. The zero-order valence-corrected chi connectivity index (χ0v) is 13.5. The van der Waals surface area contributed by atoms with E-state index in [0.717, 1.165) is 16.7 Å². The van der Waals surface area contributed by atoms with Gasteiger partial charge in [0.2, 0.25) is 6.79 Å². The highest BCUT2D eigenvalue weighted by atomic mass is 35.5. The highest BCUT2D eigenvalue weighted by molar-refractivity contribution is 6.30. The van der Waals surface area contributed by atoms with Crippen LogP contribution in [-0.2, 0) is 4.79 Å². The van der Waals surface area contributed by atoms with Crippen LogP contribution < -0.4 is 9.47 Å². The van der Waals surface area contributed by atoms with E-state index in [2.05, 4.69) is 0 Å². The van der Waals surface area contributed by atoms with Gasteiger partial charge in [-0.3, -0.25) is 4.79 Å². The number of halogens is 1. The van der Waals surface area contributed by atoms with Gasteiger partial charge in [-0.05, 0) is 41.0 Å². The highest BCUT2D eigenvalue weighted by Crippen LogP contribution is 2.35. The first kappa shape index (κ1) is 16.1. The molecule has 0 aromatic heterocycles. The summed E-state index contributed by atoms with van der Waals surface area (Å²) in [5, 5.41) is 9.62. The Morgan fingerprint density at radius 1 is 1.12 bits per heavy atom. The standard InChI is InChI=1S/C19H15ClO4/c20-16-7-2-13(3-8-16)1-4-14(6-10-19(21)22)15-5-9-17-18(11-15)24-12-23-17/h1-9,11H,10,12H2,(H,21,22). The summed E-state index contributed by atoms with van der Waals surface area (Å²) < 4.78 is 10.7. The smallest absolute Gasteiger partial charge is 0.307 e. The summed E-state index contributed by atoms with van der Waals surface area (Å²) >= 11 is 5.88. The van der Waals surface area contributed by atoms with Gasteiger partial charge in [0.1, 0.15) is 0 Å². The van der Waals surface area contributed by atoms with Gasteiger partial charge >= 0.3 is 5.97 Å². The Hall–Kier alpha value is -2.72. The van der Waals surface area contributed by atoms with E-state index in [1.54, 1.807) is 6.08 Å². The van der Waals surface area contributed by atoms with E-state index < -0.39 is 5.97 Å². The first-order valence-electron chi connectivity index (χ1n) is 7.37. The van der Waals surface area contributed by atoms with Crippen LogP contribution in [0.4, 0.5) is 0 Å². The van der Waals surface area contributed by atoms with Crippen LogP contribution in [0.15, 0.2) is 54.6 Å². The Balaban J connectivity index is 1.90. The van der Waals surface area contributed by atoms with E-state index in [0.29, 0.717) is 16.5 Å². The van der Waals surface area contributed by atoms with Crippen molar-refractivity contribution in [1.29, 1.82) is 0 Å². The molecule has 24 heavy (non-hydrogen) atoms. The SMILES string of the molecule is O=C(O)CC=C(C=Cc1ccc(Cl)cc1)c1ccc2c(c1)OCO2. The fraction of sp³-hybridized carbons (Fsp3) is 0.105. The zero-order chi connectivity index (χ0) is 16.9. The van der Waals surface area contributed by atoms with Crippen molar-refractivity contribution in [2.75, 3.05) is 6.79 Å². The van der Waals surface area contributed by atoms with Gasteiger partial charge in [-0.25, -0.2) is 0 Å². The van der Waals surface area contributed by atoms with Crippen LogP contribution in [0, 0.1) is 0 Å². The summed E-state index contributed by atoms with van der Waals surface area (Å²) in [5.74, 6) is 0.472. The number of carbonyl (C=O) groups is 1. The summed E-state index contributed by atoms with van der Waals surface area (Å²) in [6.07, 6.45) is 5.40. The molecule has 1 aliphatic rings. The number of rotatable bonds is 5. The summed E-state index contributed by atoms with van der Waals surface area (Å²) in [5.41, 5.74) is 2.64. The maximum absolute atomic E-state index is 10.9. The van der Waals surface area contributed by atoms with Crippen LogP contribution in [0.5, 0.6) is 11.5 Å². The van der Waals surface area contributed by atoms with E-state index in [4.69, 9.17) is 26.2 Å². The molecule has 0 unspecified atom stereocenters. The quantitative estimate of drug-likeness (QED) is 0.804. The van der Waals surface area contributed by atoms with E-state index in [-0.39, 0.29) is 13.2 Å². The van der Waals surface area contributed by atoms with Crippen LogP contribution >= 0.6 is 11.6 Å². The van der Waals surface area contributed by atoms with Gasteiger partial charge in [-0.2, -0.15) is 0 Å². The second-order valence-electron chi connectivity index (χ2n) is 5.21. The molecule has 1 N–H and O–H groups in total. The lowest BCUT2D eigenvalue weighted by Crippen LogP contribution is -1.93. The Labute approximate surface area is 144 Å². The van der Waals surface area contributed by atoms with Gasteiger partial charge in [0.25, 0.3) is 0 Å². The second-order valence-corrected chi connectivity index (χ2v) is 5.65. The van der Waals surface area contributed by atoms with Crippen molar-refractivity contribution in [3.8, 4) is 11.5 Å². The molecule has 0 fully saturated rings. The fourth-order valence-electron chi connectivity index (χ4n) is 2.32. The van der Waals surface area contributed by atoms with Crippen molar-refractivity contribution in [3.05, 3.63) is 70.8 Å². The van der Waals surface area contributed by atoms with Crippen molar-refractivity contribution in [2.45, 2.75) is 6.42 Å². The monoisotopic (exact) mass is 342 g/mol. The lowest BCUT2D eigenvalue weighted by atomic mass is 10.0. The van der Waals surface area contributed by atoms with Crippen LogP contribution in [0.2, 0.25) is 5.02 Å². The molecular formula is C19H15ClO4. The van der Waals surface area contributed by atoms with Crippen LogP contribution in [0.1, 0.15) is 17.5 Å².